The van der Waals surface area contributed by atoms with Gasteiger partial charge >= 0.3 is 0 Å². The minimum absolute atomic E-state index is 0.000106. The van der Waals surface area contributed by atoms with Gasteiger partial charge in [0.05, 0.1) is 10.8 Å². The molecule has 108 valence electrons. The van der Waals surface area contributed by atoms with Crippen LogP contribution in [-0.2, 0) is 10.0 Å². The summed E-state index contributed by atoms with van der Waals surface area (Å²) in [6, 6.07) is 4.35. The summed E-state index contributed by atoms with van der Waals surface area (Å²) in [4.78, 5) is 0. The molecule has 0 aliphatic heterocycles. The molecule has 0 saturated heterocycles. The van der Waals surface area contributed by atoms with Gasteiger partial charge in [-0.1, -0.05) is 24.6 Å². The normalized spacial score (nSPS) is 13.5. The van der Waals surface area contributed by atoms with E-state index in [0.29, 0.717) is 13.1 Å². The molecule has 2 N–H and O–H groups in total. The van der Waals surface area contributed by atoms with Crippen molar-refractivity contribution in [3.05, 3.63) is 34.6 Å². The van der Waals surface area contributed by atoms with E-state index < -0.39 is 15.8 Å². The van der Waals surface area contributed by atoms with E-state index in [2.05, 4.69) is 10.0 Å². The highest BCUT2D eigenvalue weighted by Crippen LogP contribution is 2.20. The summed E-state index contributed by atoms with van der Waals surface area (Å²) in [7, 11) is -3.22. The summed E-state index contributed by atoms with van der Waals surface area (Å²) >= 11 is 5.70. The molecule has 0 aliphatic carbocycles. The van der Waals surface area contributed by atoms with Crippen molar-refractivity contribution in [3.8, 4) is 0 Å². The van der Waals surface area contributed by atoms with Crippen LogP contribution < -0.4 is 10.0 Å². The Morgan fingerprint density at radius 1 is 1.42 bits per heavy atom. The number of halogens is 2. The van der Waals surface area contributed by atoms with E-state index in [1.54, 1.807) is 13.0 Å². The second-order valence-corrected chi connectivity index (χ2v) is 6.50. The second-order valence-electron chi connectivity index (χ2n) is 4.17. The van der Waals surface area contributed by atoms with Crippen molar-refractivity contribution in [2.75, 3.05) is 18.8 Å². The lowest BCUT2D eigenvalue weighted by atomic mass is 10.1. The fourth-order valence-electron chi connectivity index (χ4n) is 1.60. The van der Waals surface area contributed by atoms with E-state index in [4.69, 9.17) is 11.6 Å². The van der Waals surface area contributed by atoms with Gasteiger partial charge in [0.2, 0.25) is 10.0 Å². The third kappa shape index (κ3) is 5.44. The SMILES string of the molecule is CCNS(=O)(=O)CCNC(C)c1ccc(F)c(Cl)c1. The fraction of sp³-hybridized carbons (Fsp3) is 0.500. The van der Waals surface area contributed by atoms with Crippen molar-refractivity contribution in [2.45, 2.75) is 19.9 Å². The number of hydrogen-bond acceptors (Lipinski definition) is 3. The van der Waals surface area contributed by atoms with Crippen molar-refractivity contribution in [1.82, 2.24) is 10.0 Å². The minimum atomic E-state index is -3.22. The van der Waals surface area contributed by atoms with Crippen LogP contribution in [0.25, 0.3) is 0 Å². The molecule has 0 heterocycles. The van der Waals surface area contributed by atoms with Crippen LogP contribution in [0.15, 0.2) is 18.2 Å². The first kappa shape index (κ1) is 16.4. The summed E-state index contributed by atoms with van der Waals surface area (Å²) in [6.07, 6.45) is 0. The van der Waals surface area contributed by atoms with Gasteiger partial charge in [0.1, 0.15) is 5.82 Å². The molecule has 0 aromatic heterocycles. The first-order valence-electron chi connectivity index (χ1n) is 6.01. The second kappa shape index (κ2) is 7.19. The van der Waals surface area contributed by atoms with Crippen LogP contribution in [0.5, 0.6) is 0 Å². The maximum atomic E-state index is 13.0. The van der Waals surface area contributed by atoms with Crippen LogP contribution in [0.3, 0.4) is 0 Å². The van der Waals surface area contributed by atoms with Gasteiger partial charge in [-0.3, -0.25) is 0 Å². The molecule has 0 radical (unpaired) electrons. The molecule has 7 heteroatoms. The van der Waals surface area contributed by atoms with Gasteiger partial charge in [0.25, 0.3) is 0 Å². The zero-order valence-electron chi connectivity index (χ0n) is 10.9. The fourth-order valence-corrected chi connectivity index (χ4v) is 2.76. The Kier molecular flexibility index (Phi) is 6.19. The van der Waals surface area contributed by atoms with Gasteiger partial charge in [0, 0.05) is 19.1 Å². The first-order valence-corrected chi connectivity index (χ1v) is 8.04. The molecule has 1 aromatic carbocycles. The van der Waals surface area contributed by atoms with Crippen LogP contribution in [-0.4, -0.2) is 27.3 Å². The molecular formula is C12H18ClFN2O2S. The Morgan fingerprint density at radius 2 is 2.11 bits per heavy atom. The van der Waals surface area contributed by atoms with Gasteiger partial charge in [-0.15, -0.1) is 0 Å². The number of rotatable bonds is 7. The highest BCUT2D eigenvalue weighted by Gasteiger charge is 2.11. The standard InChI is InChI=1S/C12H18ClFN2O2S/c1-3-16-19(17,18)7-6-15-9(2)10-4-5-12(14)11(13)8-10/h4-5,8-9,15-16H,3,6-7H2,1-2H3. The van der Waals surface area contributed by atoms with Gasteiger partial charge in [-0.25, -0.2) is 17.5 Å². The number of sulfonamides is 1. The molecule has 0 bridgehead atoms. The maximum absolute atomic E-state index is 13.0. The third-order valence-corrected chi connectivity index (χ3v) is 4.39. The highest BCUT2D eigenvalue weighted by atomic mass is 35.5. The van der Waals surface area contributed by atoms with Gasteiger partial charge in [-0.2, -0.15) is 0 Å². The van der Waals surface area contributed by atoms with Crippen molar-refractivity contribution < 1.29 is 12.8 Å². The van der Waals surface area contributed by atoms with E-state index >= 15 is 0 Å². The van der Waals surface area contributed by atoms with Crippen LogP contribution in [0.2, 0.25) is 5.02 Å². The Labute approximate surface area is 118 Å². The molecule has 1 rings (SSSR count). The molecule has 1 aromatic rings. The molecular weight excluding hydrogens is 291 g/mol. The van der Waals surface area contributed by atoms with E-state index in [0.717, 1.165) is 5.56 Å². The lowest BCUT2D eigenvalue weighted by Crippen LogP contribution is -2.32. The molecule has 0 aliphatic rings. The first-order chi connectivity index (χ1) is 8.85. The van der Waals surface area contributed by atoms with Crippen LogP contribution in [0.4, 0.5) is 4.39 Å². The number of nitrogens with one attached hydrogen (secondary N) is 2. The van der Waals surface area contributed by atoms with Crippen molar-refractivity contribution in [2.24, 2.45) is 0 Å². The van der Waals surface area contributed by atoms with Crippen LogP contribution >= 0.6 is 11.6 Å². The summed E-state index contributed by atoms with van der Waals surface area (Å²) in [6.45, 7) is 4.29. The van der Waals surface area contributed by atoms with Crippen molar-refractivity contribution in [1.29, 1.82) is 0 Å². The molecule has 19 heavy (non-hydrogen) atoms. The quantitative estimate of drug-likeness (QED) is 0.811. The smallest absolute Gasteiger partial charge is 0.212 e. The summed E-state index contributed by atoms with van der Waals surface area (Å²) < 4.78 is 38.3. The molecule has 0 amide bonds. The molecule has 4 nitrogen and oxygen atoms in total. The maximum Gasteiger partial charge on any atom is 0.212 e. The number of benzene rings is 1. The zero-order valence-corrected chi connectivity index (χ0v) is 12.5. The predicted octanol–water partition coefficient (Wildman–Crippen LogP) is 2.07. The zero-order chi connectivity index (χ0) is 14.5. The van der Waals surface area contributed by atoms with E-state index in [9.17, 15) is 12.8 Å². The summed E-state index contributed by atoms with van der Waals surface area (Å²) in [5.74, 6) is -0.465. The van der Waals surface area contributed by atoms with Crippen molar-refractivity contribution >= 4 is 21.6 Å². The molecule has 1 unspecified atom stereocenters. The summed E-state index contributed by atoms with van der Waals surface area (Å²) in [5.41, 5.74) is 0.812. The molecule has 1 atom stereocenters. The monoisotopic (exact) mass is 308 g/mol. The lowest BCUT2D eigenvalue weighted by molar-refractivity contribution is 0.563. The Balaban J connectivity index is 2.51. The van der Waals surface area contributed by atoms with Crippen LogP contribution in [0.1, 0.15) is 25.5 Å². The Bertz CT molecular complexity index is 522. The average Bonchev–Trinajstić information content (AvgIpc) is 2.32. The van der Waals surface area contributed by atoms with Gasteiger partial charge in [0.15, 0.2) is 0 Å². The van der Waals surface area contributed by atoms with E-state index in [1.807, 2.05) is 6.92 Å². The predicted molar refractivity (Wildman–Crippen MR) is 75.3 cm³/mol. The Morgan fingerprint density at radius 3 is 2.68 bits per heavy atom. The van der Waals surface area contributed by atoms with E-state index in [-0.39, 0.29) is 16.8 Å². The van der Waals surface area contributed by atoms with Gasteiger partial charge < -0.3 is 5.32 Å². The third-order valence-electron chi connectivity index (χ3n) is 2.63. The lowest BCUT2D eigenvalue weighted by Gasteiger charge is -2.14. The molecule has 0 spiro atoms. The van der Waals surface area contributed by atoms with Gasteiger partial charge in [-0.05, 0) is 24.6 Å². The summed E-state index contributed by atoms with van der Waals surface area (Å²) in [5, 5.41) is 3.12. The largest absolute Gasteiger partial charge is 0.309 e. The van der Waals surface area contributed by atoms with Crippen molar-refractivity contribution in [3.63, 3.8) is 0 Å². The average molecular weight is 309 g/mol. The van der Waals surface area contributed by atoms with Crippen LogP contribution in [0, 0.1) is 5.82 Å². The highest BCUT2D eigenvalue weighted by molar-refractivity contribution is 7.89. The topological polar surface area (TPSA) is 58.2 Å². The Hall–Kier alpha value is -0.690. The molecule has 0 saturated carbocycles. The minimum Gasteiger partial charge on any atom is -0.309 e. The molecule has 0 fully saturated rings. The number of hydrogen-bond donors (Lipinski definition) is 2. The van der Waals surface area contributed by atoms with E-state index in [1.165, 1.54) is 12.1 Å².